The largest absolute Gasteiger partial charge is 0.326 e. The number of thioether (sulfide) groups is 1. The number of halogens is 1. The maximum absolute atomic E-state index is 12.0. The molecule has 1 saturated heterocycles. The lowest BCUT2D eigenvalue weighted by Gasteiger charge is -2.25. The number of benzene rings is 1. The highest BCUT2D eigenvalue weighted by Gasteiger charge is 2.32. The highest BCUT2D eigenvalue weighted by molar-refractivity contribution is 8.00. The van der Waals surface area contributed by atoms with Crippen LogP contribution in [0.1, 0.15) is 22.9 Å². The summed E-state index contributed by atoms with van der Waals surface area (Å²) < 4.78 is 0. The molecule has 0 saturated carbocycles. The number of carbonyl (C=O) groups is 1. The van der Waals surface area contributed by atoms with Gasteiger partial charge in [-0.15, -0.1) is 24.2 Å². The number of carbonyl (C=O) groups excluding carboxylic acids is 1. The summed E-state index contributed by atoms with van der Waals surface area (Å²) in [5.41, 5.74) is 2.50. The van der Waals surface area contributed by atoms with Gasteiger partial charge in [-0.25, -0.2) is 0 Å². The molecule has 0 aliphatic carbocycles. The van der Waals surface area contributed by atoms with Crippen LogP contribution in [-0.4, -0.2) is 48.6 Å². The number of amides is 1. The second-order valence-corrected chi connectivity index (χ2v) is 6.39. The summed E-state index contributed by atoms with van der Waals surface area (Å²) in [5, 5.41) is 0.204. The molecule has 1 atom stereocenters. The van der Waals surface area contributed by atoms with E-state index in [1.165, 1.54) is 11.1 Å². The van der Waals surface area contributed by atoms with E-state index in [1.807, 2.05) is 4.90 Å². The lowest BCUT2D eigenvalue weighted by molar-refractivity contribution is -0.128. The Morgan fingerprint density at radius 1 is 1.30 bits per heavy atom. The molecule has 0 N–H and O–H groups in total. The highest BCUT2D eigenvalue weighted by Crippen LogP contribution is 2.38. The van der Waals surface area contributed by atoms with Crippen molar-refractivity contribution in [2.75, 3.05) is 32.9 Å². The fraction of sp³-hybridized carbons (Fsp3) is 0.533. The summed E-state index contributed by atoms with van der Waals surface area (Å²) in [4.78, 5) is 16.2. The topological polar surface area (TPSA) is 23.6 Å². The Morgan fingerprint density at radius 3 is 2.55 bits per heavy atom. The number of aryl methyl sites for hydroxylation is 1. The Bertz CT molecular complexity index is 436. The van der Waals surface area contributed by atoms with Gasteiger partial charge in [0.1, 0.15) is 5.37 Å². The molecule has 0 aromatic heterocycles. The van der Waals surface area contributed by atoms with Crippen molar-refractivity contribution in [2.45, 2.75) is 18.7 Å². The third-order valence-electron chi connectivity index (χ3n) is 3.33. The Kier molecular flexibility index (Phi) is 6.86. The van der Waals surface area contributed by atoms with Crippen LogP contribution in [0.2, 0.25) is 0 Å². The molecule has 1 aliphatic rings. The van der Waals surface area contributed by atoms with Gasteiger partial charge in [0.05, 0.1) is 5.75 Å². The van der Waals surface area contributed by atoms with E-state index in [4.69, 9.17) is 0 Å². The number of nitrogens with zero attached hydrogens (tertiary/aromatic N) is 2. The third-order valence-corrected chi connectivity index (χ3v) is 4.59. The summed E-state index contributed by atoms with van der Waals surface area (Å²) in [6.45, 7) is 3.96. The van der Waals surface area contributed by atoms with E-state index in [1.54, 1.807) is 11.8 Å². The second-order valence-electron chi connectivity index (χ2n) is 5.32. The number of rotatable bonds is 5. The van der Waals surface area contributed by atoms with E-state index in [9.17, 15) is 4.79 Å². The minimum atomic E-state index is 0. The van der Waals surface area contributed by atoms with Gasteiger partial charge in [-0.05, 0) is 39.5 Å². The molecular formula is C15H23ClN2OS. The minimum Gasteiger partial charge on any atom is -0.326 e. The Morgan fingerprint density at radius 2 is 1.95 bits per heavy atom. The standard InChI is InChI=1S/C15H22N2OS.ClH/c1-12-5-7-13(8-6-12)15-17(14(18)11-19-15)10-4-9-16(2)3;/h5-8,15H,4,9-11H2,1-3H3;1H. The predicted octanol–water partition coefficient (Wildman–Crippen LogP) is 2.94. The van der Waals surface area contributed by atoms with Gasteiger partial charge in [-0.1, -0.05) is 29.8 Å². The molecule has 1 amide bonds. The first kappa shape index (κ1) is 17.3. The quantitative estimate of drug-likeness (QED) is 0.835. The van der Waals surface area contributed by atoms with E-state index < -0.39 is 0 Å². The van der Waals surface area contributed by atoms with Crippen molar-refractivity contribution < 1.29 is 4.79 Å². The molecule has 112 valence electrons. The smallest absolute Gasteiger partial charge is 0.233 e. The SMILES string of the molecule is Cc1ccc(C2SCC(=O)N2CCCN(C)C)cc1.Cl. The number of hydrogen-bond acceptors (Lipinski definition) is 3. The normalized spacial score (nSPS) is 18.5. The van der Waals surface area contributed by atoms with Gasteiger partial charge >= 0.3 is 0 Å². The zero-order valence-corrected chi connectivity index (χ0v) is 14.0. The average molecular weight is 315 g/mol. The molecule has 2 rings (SSSR count). The van der Waals surface area contributed by atoms with Crippen LogP contribution in [-0.2, 0) is 4.79 Å². The molecule has 0 spiro atoms. The van der Waals surface area contributed by atoms with Crippen LogP contribution in [0.3, 0.4) is 0 Å². The summed E-state index contributed by atoms with van der Waals surface area (Å²) in [6, 6.07) is 8.53. The molecule has 1 aliphatic heterocycles. The first-order chi connectivity index (χ1) is 9.08. The molecule has 3 nitrogen and oxygen atoms in total. The molecule has 0 bridgehead atoms. The predicted molar refractivity (Wildman–Crippen MR) is 88.5 cm³/mol. The van der Waals surface area contributed by atoms with E-state index in [2.05, 4.69) is 50.2 Å². The highest BCUT2D eigenvalue weighted by atomic mass is 35.5. The van der Waals surface area contributed by atoms with E-state index in [0.29, 0.717) is 5.75 Å². The van der Waals surface area contributed by atoms with Crippen molar-refractivity contribution in [1.29, 1.82) is 0 Å². The van der Waals surface area contributed by atoms with Crippen molar-refractivity contribution in [2.24, 2.45) is 0 Å². The van der Waals surface area contributed by atoms with Crippen LogP contribution in [0.4, 0.5) is 0 Å². The van der Waals surface area contributed by atoms with Crippen LogP contribution < -0.4 is 0 Å². The zero-order chi connectivity index (χ0) is 13.8. The maximum atomic E-state index is 12.0. The molecule has 1 aromatic carbocycles. The van der Waals surface area contributed by atoms with Gasteiger partial charge in [0.15, 0.2) is 0 Å². The van der Waals surface area contributed by atoms with Gasteiger partial charge in [0.25, 0.3) is 0 Å². The molecule has 5 heteroatoms. The van der Waals surface area contributed by atoms with Crippen molar-refractivity contribution in [3.05, 3.63) is 35.4 Å². The van der Waals surface area contributed by atoms with Gasteiger partial charge in [-0.3, -0.25) is 4.79 Å². The van der Waals surface area contributed by atoms with Crippen LogP contribution >= 0.6 is 24.2 Å². The van der Waals surface area contributed by atoms with Crippen LogP contribution in [0, 0.1) is 6.92 Å². The van der Waals surface area contributed by atoms with E-state index >= 15 is 0 Å². The van der Waals surface area contributed by atoms with Gasteiger partial charge in [-0.2, -0.15) is 0 Å². The molecule has 1 heterocycles. The van der Waals surface area contributed by atoms with Crippen LogP contribution in [0.5, 0.6) is 0 Å². The van der Waals surface area contributed by atoms with Crippen molar-refractivity contribution in [3.63, 3.8) is 0 Å². The molecule has 1 fully saturated rings. The van der Waals surface area contributed by atoms with Crippen molar-refractivity contribution in [1.82, 2.24) is 9.80 Å². The maximum Gasteiger partial charge on any atom is 0.233 e. The Hall–Kier alpha value is -0.710. The molecule has 0 radical (unpaired) electrons. The van der Waals surface area contributed by atoms with Gasteiger partial charge in [0, 0.05) is 6.54 Å². The molecular weight excluding hydrogens is 292 g/mol. The molecule has 1 aromatic rings. The zero-order valence-electron chi connectivity index (χ0n) is 12.3. The van der Waals surface area contributed by atoms with Crippen molar-refractivity contribution in [3.8, 4) is 0 Å². The summed E-state index contributed by atoms with van der Waals surface area (Å²) in [7, 11) is 4.13. The monoisotopic (exact) mass is 314 g/mol. The van der Waals surface area contributed by atoms with Gasteiger partial charge < -0.3 is 9.80 Å². The fourth-order valence-corrected chi connectivity index (χ4v) is 3.48. The molecule has 1 unspecified atom stereocenters. The Balaban J connectivity index is 0.00000200. The van der Waals surface area contributed by atoms with Crippen LogP contribution in [0.25, 0.3) is 0 Å². The van der Waals surface area contributed by atoms with Crippen molar-refractivity contribution >= 4 is 30.1 Å². The van der Waals surface area contributed by atoms with E-state index in [-0.39, 0.29) is 23.7 Å². The van der Waals surface area contributed by atoms with Gasteiger partial charge in [0.2, 0.25) is 5.91 Å². The minimum absolute atomic E-state index is 0. The third kappa shape index (κ3) is 4.40. The fourth-order valence-electron chi connectivity index (χ4n) is 2.26. The summed E-state index contributed by atoms with van der Waals surface area (Å²) in [6.07, 6.45) is 1.03. The molecule has 20 heavy (non-hydrogen) atoms. The van der Waals surface area contributed by atoms with Crippen LogP contribution in [0.15, 0.2) is 24.3 Å². The number of hydrogen-bond donors (Lipinski definition) is 0. The Labute approximate surface area is 132 Å². The first-order valence-corrected chi connectivity index (χ1v) is 7.75. The first-order valence-electron chi connectivity index (χ1n) is 6.70. The average Bonchev–Trinajstić information content (AvgIpc) is 2.72. The summed E-state index contributed by atoms with van der Waals surface area (Å²) >= 11 is 1.74. The summed E-state index contributed by atoms with van der Waals surface area (Å²) in [5.74, 6) is 0.884. The lowest BCUT2D eigenvalue weighted by atomic mass is 10.1. The lowest BCUT2D eigenvalue weighted by Crippen LogP contribution is -2.31. The second kappa shape index (κ2) is 7.91. The van der Waals surface area contributed by atoms with E-state index in [0.717, 1.165) is 19.5 Å².